The number of rotatable bonds is 9. The van der Waals surface area contributed by atoms with Crippen LogP contribution in [0.4, 0.5) is 13.6 Å². The van der Waals surface area contributed by atoms with Crippen LogP contribution < -0.4 is 14.8 Å². The number of aryl methyl sites for hydroxylation is 1. The molecule has 0 unspecified atom stereocenters. The summed E-state index contributed by atoms with van der Waals surface area (Å²) in [6.45, 7) is -0.858. The summed E-state index contributed by atoms with van der Waals surface area (Å²) in [7, 11) is 1.30. The fourth-order valence-electron chi connectivity index (χ4n) is 3.09. The second-order valence-electron chi connectivity index (χ2n) is 6.93. The number of thioether (sulfide) groups is 1. The zero-order chi connectivity index (χ0) is 24.0. The molecular formula is C23H22F2N2O5S. The number of carbonyl (C=O) groups excluding carboxylic acids is 3. The maximum Gasteiger partial charge on any atom is 0.387 e. The van der Waals surface area contributed by atoms with Crippen LogP contribution in [0.25, 0.3) is 6.08 Å². The van der Waals surface area contributed by atoms with Gasteiger partial charge < -0.3 is 14.8 Å². The van der Waals surface area contributed by atoms with Crippen LogP contribution in [0, 0.1) is 0 Å². The van der Waals surface area contributed by atoms with Crippen molar-refractivity contribution in [1.29, 1.82) is 0 Å². The molecule has 3 amide bonds. The number of hydrogen-bond donors (Lipinski definition) is 1. The molecule has 1 saturated heterocycles. The molecule has 1 aliphatic heterocycles. The highest BCUT2D eigenvalue weighted by atomic mass is 32.2. The third-order valence-electron chi connectivity index (χ3n) is 4.82. The molecule has 0 spiro atoms. The minimum atomic E-state index is -3.00. The van der Waals surface area contributed by atoms with Gasteiger partial charge in [-0.25, -0.2) is 0 Å². The summed E-state index contributed by atoms with van der Waals surface area (Å²) in [5, 5.41) is 2.24. The molecule has 7 nitrogen and oxygen atoms in total. The number of amides is 3. The van der Waals surface area contributed by atoms with E-state index >= 15 is 0 Å². The van der Waals surface area contributed by atoms with E-state index in [1.54, 1.807) is 12.1 Å². The second kappa shape index (κ2) is 11.0. The number of hydrogen-bond acceptors (Lipinski definition) is 6. The van der Waals surface area contributed by atoms with Crippen molar-refractivity contribution in [3.8, 4) is 11.5 Å². The van der Waals surface area contributed by atoms with Crippen LogP contribution >= 0.6 is 11.8 Å². The van der Waals surface area contributed by atoms with Crippen molar-refractivity contribution in [2.75, 3.05) is 20.2 Å². The fourth-order valence-corrected chi connectivity index (χ4v) is 3.95. The van der Waals surface area contributed by atoms with Gasteiger partial charge in [0, 0.05) is 18.7 Å². The van der Waals surface area contributed by atoms with Crippen LogP contribution in [0.1, 0.15) is 28.4 Å². The predicted octanol–water partition coefficient (Wildman–Crippen LogP) is 4.33. The summed E-state index contributed by atoms with van der Waals surface area (Å²) in [6.07, 6.45) is 2.34. The third kappa shape index (κ3) is 6.10. The minimum Gasteiger partial charge on any atom is -0.493 e. The van der Waals surface area contributed by atoms with Gasteiger partial charge in [-0.2, -0.15) is 8.78 Å². The molecule has 0 aliphatic carbocycles. The molecule has 3 rings (SSSR count). The molecule has 10 heteroatoms. The van der Waals surface area contributed by atoms with Gasteiger partial charge in [-0.3, -0.25) is 19.3 Å². The highest BCUT2D eigenvalue weighted by molar-refractivity contribution is 8.18. The van der Waals surface area contributed by atoms with Crippen LogP contribution in [0.3, 0.4) is 0 Å². The van der Waals surface area contributed by atoms with Gasteiger partial charge in [0.25, 0.3) is 17.1 Å². The zero-order valence-corrected chi connectivity index (χ0v) is 18.8. The lowest BCUT2D eigenvalue weighted by Crippen LogP contribution is -2.37. The Morgan fingerprint density at radius 1 is 1.15 bits per heavy atom. The van der Waals surface area contributed by atoms with E-state index in [-0.39, 0.29) is 35.4 Å². The van der Waals surface area contributed by atoms with Gasteiger partial charge in [-0.15, -0.1) is 0 Å². The number of methoxy groups -OCH3 is 1. The van der Waals surface area contributed by atoms with Crippen molar-refractivity contribution < 1.29 is 32.6 Å². The summed E-state index contributed by atoms with van der Waals surface area (Å²) in [4.78, 5) is 38.4. The quantitative estimate of drug-likeness (QED) is 0.543. The lowest BCUT2D eigenvalue weighted by atomic mass is 10.1. The van der Waals surface area contributed by atoms with E-state index in [1.165, 1.54) is 31.4 Å². The van der Waals surface area contributed by atoms with Crippen molar-refractivity contribution in [2.24, 2.45) is 0 Å². The number of carbonyl (C=O) groups is 3. The summed E-state index contributed by atoms with van der Waals surface area (Å²) in [6, 6.07) is 11.4. The number of ether oxygens (including phenoxy) is 2. The minimum absolute atomic E-state index is 0.0191. The SMILES string of the molecule is CCc1ccc(C(=O)NCCN2C(=O)S/C(=C\c3ccc(OC(F)F)c(OC)c3)C2=O)cc1. The molecule has 1 heterocycles. The van der Waals surface area contributed by atoms with Gasteiger partial charge in [-0.1, -0.05) is 25.1 Å². The fraction of sp³-hybridized carbons (Fsp3) is 0.261. The zero-order valence-electron chi connectivity index (χ0n) is 18.0. The lowest BCUT2D eigenvalue weighted by molar-refractivity contribution is -0.122. The van der Waals surface area contributed by atoms with Crippen LogP contribution in [0.2, 0.25) is 0 Å². The predicted molar refractivity (Wildman–Crippen MR) is 120 cm³/mol. The highest BCUT2D eigenvalue weighted by Crippen LogP contribution is 2.34. The first-order valence-corrected chi connectivity index (χ1v) is 10.9. The van der Waals surface area contributed by atoms with E-state index in [0.29, 0.717) is 11.1 Å². The standard InChI is InChI=1S/C23H22F2N2O5S/c1-3-14-4-7-16(8-5-14)20(28)26-10-11-27-21(29)19(33-23(27)30)13-15-6-9-17(32-22(24)25)18(12-15)31-2/h4-9,12-13,22H,3,10-11H2,1-2H3,(H,26,28)/b19-13-. The summed E-state index contributed by atoms with van der Waals surface area (Å²) >= 11 is 0.758. The molecule has 0 atom stereocenters. The van der Waals surface area contributed by atoms with Crippen LogP contribution in [0.15, 0.2) is 47.4 Å². The van der Waals surface area contributed by atoms with Crippen molar-refractivity contribution >= 4 is 34.9 Å². The Morgan fingerprint density at radius 3 is 2.52 bits per heavy atom. The van der Waals surface area contributed by atoms with E-state index in [1.807, 2.05) is 19.1 Å². The number of nitrogens with zero attached hydrogens (tertiary/aromatic N) is 1. The van der Waals surface area contributed by atoms with Crippen molar-refractivity contribution in [3.63, 3.8) is 0 Å². The van der Waals surface area contributed by atoms with Gasteiger partial charge >= 0.3 is 6.61 Å². The summed E-state index contributed by atoms with van der Waals surface area (Å²) < 4.78 is 34.4. The first-order chi connectivity index (χ1) is 15.8. The molecule has 2 aromatic rings. The number of benzene rings is 2. The molecule has 33 heavy (non-hydrogen) atoms. The van der Waals surface area contributed by atoms with Crippen LogP contribution in [-0.4, -0.2) is 48.8 Å². The Labute approximate surface area is 193 Å². The average Bonchev–Trinajstić information content (AvgIpc) is 3.06. The molecule has 0 radical (unpaired) electrons. The van der Waals surface area contributed by atoms with Crippen LogP contribution in [0.5, 0.6) is 11.5 Å². The first-order valence-electron chi connectivity index (χ1n) is 10.1. The van der Waals surface area contributed by atoms with E-state index in [2.05, 4.69) is 10.1 Å². The molecule has 0 aromatic heterocycles. The number of nitrogens with one attached hydrogen (secondary N) is 1. The molecule has 1 fully saturated rings. The number of halogens is 2. The van der Waals surface area contributed by atoms with Gasteiger partial charge in [0.1, 0.15) is 0 Å². The maximum atomic E-state index is 12.7. The Morgan fingerprint density at radius 2 is 1.88 bits per heavy atom. The first kappa shape index (κ1) is 24.2. The number of alkyl halides is 2. The largest absolute Gasteiger partial charge is 0.493 e. The smallest absolute Gasteiger partial charge is 0.387 e. The van der Waals surface area contributed by atoms with Crippen molar-refractivity contribution in [3.05, 3.63) is 64.1 Å². The molecule has 1 N–H and O–H groups in total. The van der Waals surface area contributed by atoms with Crippen molar-refractivity contribution in [2.45, 2.75) is 20.0 Å². The van der Waals surface area contributed by atoms with Crippen LogP contribution in [-0.2, 0) is 11.2 Å². The number of imide groups is 1. The van der Waals surface area contributed by atoms with E-state index in [4.69, 9.17) is 4.74 Å². The van der Waals surface area contributed by atoms with E-state index in [9.17, 15) is 23.2 Å². The van der Waals surface area contributed by atoms with Gasteiger partial charge in [0.15, 0.2) is 11.5 Å². The van der Waals surface area contributed by atoms with Crippen molar-refractivity contribution in [1.82, 2.24) is 10.2 Å². The third-order valence-corrected chi connectivity index (χ3v) is 5.73. The Bertz CT molecular complexity index is 1070. The summed E-state index contributed by atoms with van der Waals surface area (Å²) in [5.41, 5.74) is 2.09. The Kier molecular flexibility index (Phi) is 8.05. The Hall–Kier alpha value is -3.40. The molecular weight excluding hydrogens is 454 g/mol. The molecule has 1 aliphatic rings. The van der Waals surface area contributed by atoms with Gasteiger partial charge in [-0.05, 0) is 59.7 Å². The molecule has 0 saturated carbocycles. The Balaban J connectivity index is 1.61. The van der Waals surface area contributed by atoms with E-state index in [0.717, 1.165) is 28.6 Å². The average molecular weight is 477 g/mol. The monoisotopic (exact) mass is 476 g/mol. The molecule has 174 valence electrons. The summed E-state index contributed by atoms with van der Waals surface area (Å²) in [5.74, 6) is -0.868. The normalized spacial score (nSPS) is 14.8. The maximum absolute atomic E-state index is 12.7. The molecule has 2 aromatic carbocycles. The van der Waals surface area contributed by atoms with Gasteiger partial charge in [0.2, 0.25) is 0 Å². The molecule has 0 bridgehead atoms. The second-order valence-corrected chi connectivity index (χ2v) is 7.92. The lowest BCUT2D eigenvalue weighted by Gasteiger charge is -2.13. The van der Waals surface area contributed by atoms with Gasteiger partial charge in [0.05, 0.1) is 12.0 Å². The van der Waals surface area contributed by atoms with E-state index < -0.39 is 17.8 Å². The highest BCUT2D eigenvalue weighted by Gasteiger charge is 2.34. The topological polar surface area (TPSA) is 84.9 Å².